The fourth-order valence-electron chi connectivity index (χ4n) is 2.16. The van der Waals surface area contributed by atoms with Crippen molar-refractivity contribution in [3.05, 3.63) is 0 Å². The maximum atomic E-state index is 11.7. The van der Waals surface area contributed by atoms with E-state index in [0.717, 1.165) is 31.4 Å². The summed E-state index contributed by atoms with van der Waals surface area (Å²) in [5.41, 5.74) is 5.77. The Kier molecular flexibility index (Phi) is 9.91. The van der Waals surface area contributed by atoms with Gasteiger partial charge in [-0.2, -0.15) is 11.8 Å². The average Bonchev–Trinajstić information content (AvgIpc) is 2.34. The van der Waals surface area contributed by atoms with E-state index in [1.165, 1.54) is 0 Å². The summed E-state index contributed by atoms with van der Waals surface area (Å²) in [6.07, 6.45) is 6.56. The van der Waals surface area contributed by atoms with Crippen LogP contribution in [-0.2, 0) is 4.79 Å². The third-order valence-corrected chi connectivity index (χ3v) is 4.02. The molecule has 0 bridgehead atoms. The van der Waals surface area contributed by atoms with Gasteiger partial charge < -0.3 is 16.2 Å². The zero-order valence-corrected chi connectivity index (χ0v) is 12.6. The maximum absolute atomic E-state index is 11.7. The van der Waals surface area contributed by atoms with Gasteiger partial charge in [-0.3, -0.25) is 4.79 Å². The van der Waals surface area contributed by atoms with Crippen molar-refractivity contribution in [2.45, 2.75) is 44.2 Å². The molecule has 0 spiro atoms. The Morgan fingerprint density at radius 3 is 2.78 bits per heavy atom. The van der Waals surface area contributed by atoms with E-state index in [0.29, 0.717) is 13.0 Å². The van der Waals surface area contributed by atoms with Gasteiger partial charge in [0.05, 0.1) is 12.1 Å². The van der Waals surface area contributed by atoms with Gasteiger partial charge in [-0.15, -0.1) is 12.4 Å². The first kappa shape index (κ1) is 18.0. The summed E-state index contributed by atoms with van der Waals surface area (Å²) < 4.78 is 0. The van der Waals surface area contributed by atoms with Crippen molar-refractivity contribution in [1.82, 2.24) is 5.32 Å². The van der Waals surface area contributed by atoms with Gasteiger partial charge in [0.2, 0.25) is 5.91 Å². The van der Waals surface area contributed by atoms with Crippen molar-refractivity contribution in [3.63, 3.8) is 0 Å². The number of nitrogens with one attached hydrogen (secondary N) is 1. The lowest BCUT2D eigenvalue weighted by Crippen LogP contribution is -2.44. The normalized spacial score (nSPS) is 25.1. The molecule has 0 aromatic heterocycles. The highest BCUT2D eigenvalue weighted by atomic mass is 35.5. The Labute approximate surface area is 120 Å². The SMILES string of the molecule is CSCC[C@H](N)C(=O)NCC1CCCCC1O.Cl. The van der Waals surface area contributed by atoms with Crippen molar-refractivity contribution in [3.8, 4) is 0 Å². The van der Waals surface area contributed by atoms with Crippen LogP contribution >= 0.6 is 24.2 Å². The zero-order chi connectivity index (χ0) is 12.7. The second-order valence-electron chi connectivity index (χ2n) is 4.75. The molecule has 1 aliphatic carbocycles. The zero-order valence-electron chi connectivity index (χ0n) is 10.9. The van der Waals surface area contributed by atoms with E-state index in [1.807, 2.05) is 6.26 Å². The molecule has 1 fully saturated rings. The van der Waals surface area contributed by atoms with Crippen LogP contribution in [-0.4, -0.2) is 41.7 Å². The molecule has 0 heterocycles. The van der Waals surface area contributed by atoms with E-state index in [4.69, 9.17) is 5.73 Å². The van der Waals surface area contributed by atoms with Gasteiger partial charge in [0.1, 0.15) is 0 Å². The van der Waals surface area contributed by atoms with Crippen molar-refractivity contribution < 1.29 is 9.90 Å². The van der Waals surface area contributed by atoms with E-state index in [-0.39, 0.29) is 30.3 Å². The van der Waals surface area contributed by atoms with E-state index >= 15 is 0 Å². The fraction of sp³-hybridized carbons (Fsp3) is 0.917. The molecule has 6 heteroatoms. The van der Waals surface area contributed by atoms with Crippen LogP contribution in [0.25, 0.3) is 0 Å². The van der Waals surface area contributed by atoms with Crippen molar-refractivity contribution in [1.29, 1.82) is 0 Å². The minimum Gasteiger partial charge on any atom is -0.393 e. The molecule has 3 atom stereocenters. The monoisotopic (exact) mass is 296 g/mol. The number of aliphatic hydroxyl groups is 1. The van der Waals surface area contributed by atoms with Crippen molar-refractivity contribution in [2.24, 2.45) is 11.7 Å². The predicted octanol–water partition coefficient (Wildman–Crippen LogP) is 1.16. The highest BCUT2D eigenvalue weighted by Crippen LogP contribution is 2.23. The van der Waals surface area contributed by atoms with E-state index in [9.17, 15) is 9.90 Å². The van der Waals surface area contributed by atoms with Gasteiger partial charge in [0.25, 0.3) is 0 Å². The molecule has 108 valence electrons. The summed E-state index contributed by atoms with van der Waals surface area (Å²) >= 11 is 1.69. The van der Waals surface area contributed by atoms with Gasteiger partial charge in [-0.1, -0.05) is 12.8 Å². The van der Waals surface area contributed by atoms with E-state index in [2.05, 4.69) is 5.32 Å². The number of nitrogens with two attached hydrogens (primary N) is 1. The molecular weight excluding hydrogens is 272 g/mol. The van der Waals surface area contributed by atoms with Crippen LogP contribution in [0.15, 0.2) is 0 Å². The molecule has 0 saturated heterocycles. The molecule has 4 N–H and O–H groups in total. The lowest BCUT2D eigenvalue weighted by Gasteiger charge is -2.28. The van der Waals surface area contributed by atoms with Crippen LogP contribution in [0.5, 0.6) is 0 Å². The van der Waals surface area contributed by atoms with Gasteiger partial charge in [0.15, 0.2) is 0 Å². The molecule has 1 rings (SSSR count). The highest BCUT2D eigenvalue weighted by Gasteiger charge is 2.24. The Morgan fingerprint density at radius 1 is 1.50 bits per heavy atom. The van der Waals surface area contributed by atoms with Gasteiger partial charge >= 0.3 is 0 Å². The number of hydrogen-bond donors (Lipinski definition) is 3. The first-order chi connectivity index (χ1) is 8.15. The third-order valence-electron chi connectivity index (χ3n) is 3.38. The summed E-state index contributed by atoms with van der Waals surface area (Å²) in [5.74, 6) is 1.03. The lowest BCUT2D eigenvalue weighted by atomic mass is 9.86. The number of amides is 1. The van der Waals surface area contributed by atoms with Gasteiger partial charge in [-0.05, 0) is 31.3 Å². The molecule has 1 amide bonds. The Hall–Kier alpha value is 0.0300. The largest absolute Gasteiger partial charge is 0.393 e. The van der Waals surface area contributed by atoms with Crippen molar-refractivity contribution >= 4 is 30.1 Å². The first-order valence-electron chi connectivity index (χ1n) is 6.35. The average molecular weight is 297 g/mol. The number of rotatable bonds is 6. The van der Waals surface area contributed by atoms with Crippen LogP contribution < -0.4 is 11.1 Å². The summed E-state index contributed by atoms with van der Waals surface area (Å²) in [4.78, 5) is 11.7. The summed E-state index contributed by atoms with van der Waals surface area (Å²) in [6, 6.07) is -0.414. The number of halogens is 1. The summed E-state index contributed by atoms with van der Waals surface area (Å²) in [7, 11) is 0. The summed E-state index contributed by atoms with van der Waals surface area (Å²) in [5, 5.41) is 12.6. The number of aliphatic hydroxyl groups excluding tert-OH is 1. The van der Waals surface area contributed by atoms with Crippen LogP contribution in [0.4, 0.5) is 0 Å². The van der Waals surface area contributed by atoms with Crippen molar-refractivity contribution in [2.75, 3.05) is 18.6 Å². The first-order valence-corrected chi connectivity index (χ1v) is 7.74. The topological polar surface area (TPSA) is 75.4 Å². The Bertz CT molecular complexity index is 244. The molecule has 0 aromatic carbocycles. The van der Waals surface area contributed by atoms with Gasteiger partial charge in [0, 0.05) is 12.5 Å². The molecule has 0 aromatic rings. The third kappa shape index (κ3) is 6.27. The molecule has 4 nitrogen and oxygen atoms in total. The number of carbonyl (C=O) groups excluding carboxylic acids is 1. The van der Waals surface area contributed by atoms with Crippen LogP contribution in [0, 0.1) is 5.92 Å². The number of hydrogen-bond acceptors (Lipinski definition) is 4. The smallest absolute Gasteiger partial charge is 0.236 e. The van der Waals surface area contributed by atoms with E-state index in [1.54, 1.807) is 11.8 Å². The second-order valence-corrected chi connectivity index (χ2v) is 5.73. The van der Waals surface area contributed by atoms with Crippen LogP contribution in [0.2, 0.25) is 0 Å². The molecule has 0 radical (unpaired) electrons. The summed E-state index contributed by atoms with van der Waals surface area (Å²) in [6.45, 7) is 0.562. The quantitative estimate of drug-likeness (QED) is 0.687. The minimum atomic E-state index is -0.414. The van der Waals surface area contributed by atoms with E-state index < -0.39 is 6.04 Å². The molecular formula is C12H25ClN2O2S. The highest BCUT2D eigenvalue weighted by molar-refractivity contribution is 7.98. The molecule has 18 heavy (non-hydrogen) atoms. The predicted molar refractivity (Wildman–Crippen MR) is 79.2 cm³/mol. The standard InChI is InChI=1S/C12H24N2O2S.ClH/c1-17-7-6-10(13)12(16)14-8-9-4-2-3-5-11(9)15;/h9-11,15H,2-8,13H2,1H3,(H,14,16);1H/t9?,10-,11?;/m0./s1. The Morgan fingerprint density at radius 2 is 2.17 bits per heavy atom. The number of thioether (sulfide) groups is 1. The van der Waals surface area contributed by atoms with Crippen LogP contribution in [0.1, 0.15) is 32.1 Å². The number of carbonyl (C=O) groups is 1. The van der Waals surface area contributed by atoms with Gasteiger partial charge in [-0.25, -0.2) is 0 Å². The Balaban J connectivity index is 0.00000289. The molecule has 1 saturated carbocycles. The molecule has 2 unspecified atom stereocenters. The van der Waals surface area contributed by atoms with Crippen LogP contribution in [0.3, 0.4) is 0 Å². The molecule has 1 aliphatic rings. The second kappa shape index (κ2) is 9.89. The molecule has 0 aliphatic heterocycles. The minimum absolute atomic E-state index is 0. The fourth-order valence-corrected chi connectivity index (χ4v) is 2.65. The maximum Gasteiger partial charge on any atom is 0.236 e. The lowest BCUT2D eigenvalue weighted by molar-refractivity contribution is -0.122.